The van der Waals surface area contributed by atoms with Crippen molar-refractivity contribution in [1.82, 2.24) is 9.88 Å². The van der Waals surface area contributed by atoms with Crippen LogP contribution in [0.25, 0.3) is 10.2 Å². The van der Waals surface area contributed by atoms with Crippen LogP contribution in [-0.4, -0.2) is 55.3 Å². The molecule has 192 valence electrons. The van der Waals surface area contributed by atoms with Gasteiger partial charge in [-0.25, -0.2) is 9.78 Å². The summed E-state index contributed by atoms with van der Waals surface area (Å²) in [6.07, 6.45) is -0.636. The Morgan fingerprint density at radius 2 is 1.70 bits per heavy atom. The fourth-order valence-corrected chi connectivity index (χ4v) is 4.53. The summed E-state index contributed by atoms with van der Waals surface area (Å²) in [5.41, 5.74) is 1.78. The summed E-state index contributed by atoms with van der Waals surface area (Å²) >= 11 is 1.64. The molecule has 1 aromatic heterocycles. The lowest BCUT2D eigenvalue weighted by Crippen LogP contribution is -2.38. The Morgan fingerprint density at radius 3 is 2.49 bits per heavy atom. The molecule has 9 heteroatoms. The number of hydrogen-bond acceptors (Lipinski definition) is 8. The Labute approximate surface area is 220 Å². The van der Waals surface area contributed by atoms with Crippen LogP contribution in [0.5, 0.6) is 11.5 Å². The number of fused-ring (bicyclic) bond motifs is 1. The van der Waals surface area contributed by atoms with Gasteiger partial charge in [-0.3, -0.25) is 9.69 Å². The number of para-hydroxylation sites is 2. The minimum Gasteiger partial charge on any atom is -0.492 e. The minimum absolute atomic E-state index is 0.160. The van der Waals surface area contributed by atoms with Crippen molar-refractivity contribution >= 4 is 38.7 Å². The average Bonchev–Trinajstić information content (AvgIpc) is 3.34. The van der Waals surface area contributed by atoms with Crippen LogP contribution in [0, 0.1) is 0 Å². The summed E-state index contributed by atoms with van der Waals surface area (Å²) in [7, 11) is 1.99. The van der Waals surface area contributed by atoms with E-state index in [2.05, 4.69) is 16.0 Å². The molecule has 0 radical (unpaired) electrons. The van der Waals surface area contributed by atoms with Gasteiger partial charge in [0.15, 0.2) is 5.13 Å². The number of hydrogen-bond donors (Lipinski definition) is 0. The van der Waals surface area contributed by atoms with E-state index in [-0.39, 0.29) is 19.7 Å². The van der Waals surface area contributed by atoms with Crippen molar-refractivity contribution in [3.8, 4) is 11.5 Å². The second-order valence-corrected chi connectivity index (χ2v) is 9.23. The van der Waals surface area contributed by atoms with Gasteiger partial charge in [-0.2, -0.15) is 0 Å². The second kappa shape index (κ2) is 12.7. The third-order valence-electron chi connectivity index (χ3n) is 5.41. The SMILES string of the molecule is CCOC(=O)CN(Cc1cccc(OCCN(C)c2nc3ccccc3s2)c1)C(=O)Oc1ccccc1. The lowest BCUT2D eigenvalue weighted by atomic mass is 10.2. The largest absolute Gasteiger partial charge is 0.492 e. The molecule has 0 saturated carbocycles. The van der Waals surface area contributed by atoms with Gasteiger partial charge in [-0.1, -0.05) is 53.8 Å². The molecule has 0 aliphatic heterocycles. The number of benzene rings is 3. The van der Waals surface area contributed by atoms with E-state index in [1.807, 2.05) is 55.6 Å². The first-order chi connectivity index (χ1) is 18.0. The Balaban J connectivity index is 1.36. The molecule has 1 heterocycles. The van der Waals surface area contributed by atoms with Crippen molar-refractivity contribution in [2.75, 3.05) is 38.3 Å². The van der Waals surface area contributed by atoms with E-state index in [0.717, 1.165) is 20.9 Å². The molecule has 0 atom stereocenters. The van der Waals surface area contributed by atoms with E-state index in [9.17, 15) is 9.59 Å². The molecule has 0 spiro atoms. The molecule has 1 amide bonds. The van der Waals surface area contributed by atoms with E-state index in [1.165, 1.54) is 4.90 Å². The zero-order valence-corrected chi connectivity index (χ0v) is 21.6. The van der Waals surface area contributed by atoms with Crippen molar-refractivity contribution < 1.29 is 23.8 Å². The normalized spacial score (nSPS) is 10.6. The molecule has 0 fully saturated rings. The van der Waals surface area contributed by atoms with Crippen molar-refractivity contribution in [2.24, 2.45) is 0 Å². The second-order valence-electron chi connectivity index (χ2n) is 8.22. The molecular weight excluding hydrogens is 490 g/mol. The third kappa shape index (κ3) is 7.44. The Hall–Kier alpha value is -4.11. The minimum atomic E-state index is -0.636. The number of carbonyl (C=O) groups excluding carboxylic acids is 2. The number of carbonyl (C=O) groups is 2. The van der Waals surface area contributed by atoms with Gasteiger partial charge in [0.25, 0.3) is 0 Å². The number of esters is 1. The van der Waals surface area contributed by atoms with Gasteiger partial charge in [-0.05, 0) is 48.9 Å². The number of amides is 1. The van der Waals surface area contributed by atoms with Crippen LogP contribution >= 0.6 is 11.3 Å². The Morgan fingerprint density at radius 1 is 0.946 bits per heavy atom. The lowest BCUT2D eigenvalue weighted by molar-refractivity contribution is -0.144. The van der Waals surface area contributed by atoms with Crippen LogP contribution in [0.3, 0.4) is 0 Å². The zero-order valence-electron chi connectivity index (χ0n) is 20.8. The maximum atomic E-state index is 12.8. The zero-order chi connectivity index (χ0) is 26.0. The highest BCUT2D eigenvalue weighted by Gasteiger charge is 2.21. The average molecular weight is 520 g/mol. The molecule has 4 aromatic rings. The highest BCUT2D eigenvalue weighted by molar-refractivity contribution is 7.22. The first kappa shape index (κ1) is 26.0. The first-order valence-electron chi connectivity index (χ1n) is 12.0. The van der Waals surface area contributed by atoms with Crippen molar-refractivity contribution in [3.63, 3.8) is 0 Å². The smallest absolute Gasteiger partial charge is 0.416 e. The van der Waals surface area contributed by atoms with E-state index < -0.39 is 12.1 Å². The molecule has 0 aliphatic rings. The maximum Gasteiger partial charge on any atom is 0.416 e. The monoisotopic (exact) mass is 519 g/mol. The van der Waals surface area contributed by atoms with E-state index in [4.69, 9.17) is 14.2 Å². The van der Waals surface area contributed by atoms with E-state index >= 15 is 0 Å². The van der Waals surface area contributed by atoms with Gasteiger partial charge in [0.2, 0.25) is 0 Å². The van der Waals surface area contributed by atoms with E-state index in [1.54, 1.807) is 42.5 Å². The number of likely N-dealkylation sites (N-methyl/N-ethyl adjacent to an activating group) is 1. The van der Waals surface area contributed by atoms with Crippen LogP contribution < -0.4 is 14.4 Å². The summed E-state index contributed by atoms with van der Waals surface area (Å²) in [5.74, 6) is 0.566. The number of aromatic nitrogens is 1. The van der Waals surface area contributed by atoms with Crippen LogP contribution in [0.1, 0.15) is 12.5 Å². The van der Waals surface area contributed by atoms with Crippen molar-refractivity contribution in [1.29, 1.82) is 0 Å². The summed E-state index contributed by atoms with van der Waals surface area (Å²) in [6, 6.07) is 24.2. The Bertz CT molecular complexity index is 1290. The van der Waals surface area contributed by atoms with Gasteiger partial charge in [0, 0.05) is 13.6 Å². The molecule has 4 rings (SSSR count). The maximum absolute atomic E-state index is 12.8. The summed E-state index contributed by atoms with van der Waals surface area (Å²) in [5, 5.41) is 0.935. The number of thiazole rings is 1. The molecule has 8 nitrogen and oxygen atoms in total. The molecule has 0 N–H and O–H groups in total. The summed E-state index contributed by atoms with van der Waals surface area (Å²) in [6.45, 7) is 3.00. The fourth-order valence-electron chi connectivity index (χ4n) is 3.57. The third-order valence-corrected chi connectivity index (χ3v) is 6.56. The molecule has 3 aromatic carbocycles. The standard InChI is InChI=1S/C28H29N3O5S/c1-3-34-26(32)20-31(28(33)36-22-11-5-4-6-12-22)19-21-10-9-13-23(18-21)35-17-16-30(2)27-29-24-14-7-8-15-25(24)37-27/h4-15,18H,3,16-17,19-20H2,1-2H3. The molecule has 0 saturated heterocycles. The number of anilines is 1. The number of rotatable bonds is 11. The molecule has 37 heavy (non-hydrogen) atoms. The van der Waals surface area contributed by atoms with Gasteiger partial charge < -0.3 is 19.1 Å². The fraction of sp³-hybridized carbons (Fsp3) is 0.250. The Kier molecular flexibility index (Phi) is 8.93. The number of nitrogens with zero attached hydrogens (tertiary/aromatic N) is 3. The van der Waals surface area contributed by atoms with E-state index in [0.29, 0.717) is 24.7 Å². The summed E-state index contributed by atoms with van der Waals surface area (Å²) < 4.78 is 17.6. The van der Waals surface area contributed by atoms with Crippen LogP contribution in [-0.2, 0) is 16.1 Å². The number of ether oxygens (including phenoxy) is 3. The molecule has 0 aliphatic carbocycles. The molecule has 0 unspecified atom stereocenters. The van der Waals surface area contributed by atoms with Gasteiger partial charge >= 0.3 is 12.1 Å². The quantitative estimate of drug-likeness (QED) is 0.246. The predicted molar refractivity (Wildman–Crippen MR) is 144 cm³/mol. The van der Waals surface area contributed by atoms with Crippen LogP contribution in [0.2, 0.25) is 0 Å². The van der Waals surface area contributed by atoms with Crippen molar-refractivity contribution in [3.05, 3.63) is 84.4 Å². The first-order valence-corrected chi connectivity index (χ1v) is 12.8. The van der Waals surface area contributed by atoms with Crippen molar-refractivity contribution in [2.45, 2.75) is 13.5 Å². The lowest BCUT2D eigenvalue weighted by Gasteiger charge is -2.21. The topological polar surface area (TPSA) is 81.2 Å². The van der Waals surface area contributed by atoms with Gasteiger partial charge in [0.05, 0.1) is 23.4 Å². The van der Waals surface area contributed by atoms with Gasteiger partial charge in [-0.15, -0.1) is 0 Å². The van der Waals surface area contributed by atoms with Crippen LogP contribution in [0.15, 0.2) is 78.9 Å². The molecular formula is C28H29N3O5S. The molecule has 0 bridgehead atoms. The predicted octanol–water partition coefficient (Wildman–Crippen LogP) is 5.38. The summed E-state index contributed by atoms with van der Waals surface area (Å²) in [4.78, 5) is 33.0. The highest BCUT2D eigenvalue weighted by atomic mass is 32.1. The highest BCUT2D eigenvalue weighted by Crippen LogP contribution is 2.27. The van der Waals surface area contributed by atoms with Gasteiger partial charge in [0.1, 0.15) is 24.7 Å². The van der Waals surface area contributed by atoms with Crippen LogP contribution in [0.4, 0.5) is 9.93 Å².